The predicted molar refractivity (Wildman–Crippen MR) is 129 cm³/mol. The van der Waals surface area contributed by atoms with Gasteiger partial charge in [0.2, 0.25) is 0 Å². The Morgan fingerprint density at radius 1 is 1.13 bits per heavy atom. The molecule has 3 N–H and O–H groups in total. The summed E-state index contributed by atoms with van der Waals surface area (Å²) < 4.78 is 0. The standard InChI is InChI=1S/C28H46O3/c1-6-22-25(29)17-20(18-26(22)30)11-12-21-10-8-16-28(5)23(13-14-24(21)28)19(2)9-7-15-27(3,4)31/h6,11-12,19,23-26,29-31H,7-10,13-18H2,1-5H3/t19-,23?,24?,25-,26-,28-/m1/s1. The van der Waals surface area contributed by atoms with Crippen LogP contribution in [0.4, 0.5) is 0 Å². The van der Waals surface area contributed by atoms with Crippen molar-refractivity contribution in [2.45, 2.75) is 117 Å². The van der Waals surface area contributed by atoms with Crippen LogP contribution in [0.25, 0.3) is 0 Å². The third-order valence-corrected chi connectivity index (χ3v) is 8.72. The van der Waals surface area contributed by atoms with Gasteiger partial charge in [-0.15, -0.1) is 0 Å². The van der Waals surface area contributed by atoms with E-state index in [-0.39, 0.29) is 0 Å². The molecule has 3 saturated carbocycles. The van der Waals surface area contributed by atoms with Crippen LogP contribution >= 0.6 is 0 Å². The zero-order chi connectivity index (χ0) is 22.8. The van der Waals surface area contributed by atoms with E-state index in [2.05, 4.69) is 26.0 Å². The van der Waals surface area contributed by atoms with E-state index in [1.807, 2.05) is 26.8 Å². The Hall–Kier alpha value is -0.900. The second-order valence-electron chi connectivity index (χ2n) is 11.6. The van der Waals surface area contributed by atoms with Crippen LogP contribution in [0.2, 0.25) is 0 Å². The van der Waals surface area contributed by atoms with Gasteiger partial charge in [0.1, 0.15) is 0 Å². The summed E-state index contributed by atoms with van der Waals surface area (Å²) in [6.45, 7) is 10.7. The van der Waals surface area contributed by atoms with E-state index in [4.69, 9.17) is 0 Å². The van der Waals surface area contributed by atoms with Crippen molar-refractivity contribution in [1.29, 1.82) is 0 Å². The fourth-order valence-corrected chi connectivity index (χ4v) is 7.06. The van der Waals surface area contributed by atoms with Crippen LogP contribution in [0.1, 0.15) is 98.8 Å². The molecule has 0 amide bonds. The average Bonchev–Trinajstić information content (AvgIpc) is 3.02. The van der Waals surface area contributed by atoms with Crippen molar-refractivity contribution in [3.8, 4) is 0 Å². The Labute approximate surface area is 190 Å². The minimum Gasteiger partial charge on any atom is -0.390 e. The summed E-state index contributed by atoms with van der Waals surface area (Å²) in [6.07, 6.45) is 16.2. The molecule has 0 aliphatic heterocycles. The van der Waals surface area contributed by atoms with Gasteiger partial charge in [0, 0.05) is 0 Å². The monoisotopic (exact) mass is 430 g/mol. The van der Waals surface area contributed by atoms with Gasteiger partial charge in [-0.05, 0) is 101 Å². The first kappa shape index (κ1) is 24.7. The van der Waals surface area contributed by atoms with Crippen molar-refractivity contribution in [2.75, 3.05) is 0 Å². The molecular formula is C28H46O3. The summed E-state index contributed by atoms with van der Waals surface area (Å²) in [6, 6.07) is 0. The molecule has 6 atom stereocenters. The molecule has 176 valence electrons. The van der Waals surface area contributed by atoms with Crippen LogP contribution in [-0.4, -0.2) is 33.1 Å². The van der Waals surface area contributed by atoms with E-state index in [0.29, 0.717) is 30.1 Å². The lowest BCUT2D eigenvalue weighted by Gasteiger charge is -2.44. The molecule has 0 spiro atoms. The zero-order valence-corrected chi connectivity index (χ0v) is 20.5. The van der Waals surface area contributed by atoms with Crippen molar-refractivity contribution in [1.82, 2.24) is 0 Å². The molecule has 3 rings (SSSR count). The van der Waals surface area contributed by atoms with Gasteiger partial charge >= 0.3 is 0 Å². The number of hydrogen-bond acceptors (Lipinski definition) is 3. The molecule has 0 saturated heterocycles. The number of fused-ring (bicyclic) bond motifs is 1. The van der Waals surface area contributed by atoms with Gasteiger partial charge in [0.25, 0.3) is 0 Å². The molecule has 0 aromatic heterocycles. The lowest BCUT2D eigenvalue weighted by Crippen LogP contribution is -2.36. The van der Waals surface area contributed by atoms with Gasteiger partial charge in [-0.3, -0.25) is 0 Å². The van der Waals surface area contributed by atoms with Crippen molar-refractivity contribution in [3.63, 3.8) is 0 Å². The molecule has 3 heteroatoms. The molecular weight excluding hydrogens is 384 g/mol. The number of hydrogen-bond donors (Lipinski definition) is 3. The Balaban J connectivity index is 1.68. The fraction of sp³-hybridized carbons (Fsp3) is 0.786. The van der Waals surface area contributed by atoms with Crippen molar-refractivity contribution < 1.29 is 15.3 Å². The van der Waals surface area contributed by atoms with Gasteiger partial charge in [-0.25, -0.2) is 0 Å². The molecule has 0 bridgehead atoms. The highest BCUT2D eigenvalue weighted by atomic mass is 16.3. The molecule has 0 aromatic carbocycles. The van der Waals surface area contributed by atoms with E-state index in [9.17, 15) is 15.3 Å². The zero-order valence-electron chi connectivity index (χ0n) is 20.5. The third-order valence-electron chi connectivity index (χ3n) is 8.72. The second-order valence-corrected chi connectivity index (χ2v) is 11.6. The van der Waals surface area contributed by atoms with Crippen LogP contribution in [-0.2, 0) is 0 Å². The van der Waals surface area contributed by atoms with Crippen LogP contribution in [0, 0.1) is 23.2 Å². The van der Waals surface area contributed by atoms with E-state index in [0.717, 1.165) is 24.3 Å². The third kappa shape index (κ3) is 5.72. The van der Waals surface area contributed by atoms with Gasteiger partial charge in [-0.1, -0.05) is 56.1 Å². The first-order chi connectivity index (χ1) is 14.5. The smallest absolute Gasteiger partial charge is 0.0812 e. The Bertz CT molecular complexity index is 694. The lowest BCUT2D eigenvalue weighted by atomic mass is 9.60. The van der Waals surface area contributed by atoms with Crippen LogP contribution in [0.5, 0.6) is 0 Å². The minimum absolute atomic E-state index is 0.389. The molecule has 31 heavy (non-hydrogen) atoms. The SMILES string of the molecule is CC=C1[C@H](O)CC(=CC=C2CCC[C@@]3(C)C2CCC3[C@H](C)CCCC(C)(C)O)C[C@H]1O. The maximum absolute atomic E-state index is 10.3. The molecule has 0 radical (unpaired) electrons. The minimum atomic E-state index is -0.552. The lowest BCUT2D eigenvalue weighted by molar-refractivity contribution is 0.0596. The maximum atomic E-state index is 10.3. The number of aliphatic hydroxyl groups excluding tert-OH is 2. The molecule has 3 fully saturated rings. The van der Waals surface area contributed by atoms with Gasteiger partial charge < -0.3 is 15.3 Å². The van der Waals surface area contributed by atoms with E-state index in [1.165, 1.54) is 44.1 Å². The number of aliphatic hydroxyl groups is 3. The molecule has 3 nitrogen and oxygen atoms in total. The maximum Gasteiger partial charge on any atom is 0.0812 e. The summed E-state index contributed by atoms with van der Waals surface area (Å²) in [4.78, 5) is 0. The van der Waals surface area contributed by atoms with Crippen LogP contribution in [0.3, 0.4) is 0 Å². The van der Waals surface area contributed by atoms with Crippen molar-refractivity contribution in [3.05, 3.63) is 34.9 Å². The first-order valence-corrected chi connectivity index (χ1v) is 12.7. The Kier molecular flexibility index (Phi) is 7.92. The molecule has 2 unspecified atom stereocenters. The van der Waals surface area contributed by atoms with Gasteiger partial charge in [0.05, 0.1) is 17.8 Å². The fourth-order valence-electron chi connectivity index (χ4n) is 7.06. The molecule has 0 heterocycles. The normalized spacial score (nSPS) is 36.5. The Morgan fingerprint density at radius 2 is 1.81 bits per heavy atom. The number of allylic oxidation sites excluding steroid dienone is 4. The van der Waals surface area contributed by atoms with E-state index >= 15 is 0 Å². The summed E-state index contributed by atoms with van der Waals surface area (Å²) in [7, 11) is 0. The summed E-state index contributed by atoms with van der Waals surface area (Å²) in [5, 5.41) is 30.7. The molecule has 3 aliphatic rings. The van der Waals surface area contributed by atoms with E-state index in [1.54, 1.807) is 5.57 Å². The number of rotatable bonds is 6. The highest BCUT2D eigenvalue weighted by Gasteiger charge is 2.50. The van der Waals surface area contributed by atoms with Gasteiger partial charge in [-0.2, -0.15) is 0 Å². The highest BCUT2D eigenvalue weighted by Crippen LogP contribution is 2.60. The van der Waals surface area contributed by atoms with Crippen molar-refractivity contribution >= 4 is 0 Å². The predicted octanol–water partition coefficient (Wildman–Crippen LogP) is 6.09. The topological polar surface area (TPSA) is 60.7 Å². The van der Waals surface area contributed by atoms with Crippen LogP contribution < -0.4 is 0 Å². The summed E-state index contributed by atoms with van der Waals surface area (Å²) in [5.41, 5.74) is 3.37. The molecule has 0 aromatic rings. The van der Waals surface area contributed by atoms with Crippen molar-refractivity contribution in [2.24, 2.45) is 23.2 Å². The first-order valence-electron chi connectivity index (χ1n) is 12.7. The highest BCUT2D eigenvalue weighted by molar-refractivity contribution is 5.30. The largest absolute Gasteiger partial charge is 0.390 e. The quantitative estimate of drug-likeness (QED) is 0.447. The summed E-state index contributed by atoms with van der Waals surface area (Å²) in [5.74, 6) is 2.15. The molecule has 3 aliphatic carbocycles. The second kappa shape index (κ2) is 9.93. The van der Waals surface area contributed by atoms with Gasteiger partial charge in [0.15, 0.2) is 0 Å². The summed E-state index contributed by atoms with van der Waals surface area (Å²) >= 11 is 0. The Morgan fingerprint density at radius 3 is 2.42 bits per heavy atom. The average molecular weight is 431 g/mol. The van der Waals surface area contributed by atoms with Crippen LogP contribution in [0.15, 0.2) is 34.9 Å². The van der Waals surface area contributed by atoms with E-state index < -0.39 is 17.8 Å².